The molecule has 0 radical (unpaired) electrons. The van der Waals surface area contributed by atoms with E-state index in [9.17, 15) is 14.7 Å². The molecule has 1 N–H and O–H groups in total. The number of hydrogen-bond donors (Lipinski definition) is 1. The fourth-order valence-electron chi connectivity index (χ4n) is 2.85. The number of carboxylic acids is 1. The molecule has 110 valence electrons. The second kappa shape index (κ2) is 6.89. The van der Waals surface area contributed by atoms with Gasteiger partial charge in [-0.15, -0.1) is 0 Å². The molecule has 0 aromatic carbocycles. The van der Waals surface area contributed by atoms with Gasteiger partial charge < -0.3 is 14.7 Å². The van der Waals surface area contributed by atoms with Crippen LogP contribution in [-0.4, -0.2) is 48.7 Å². The van der Waals surface area contributed by atoms with E-state index in [2.05, 4.69) is 0 Å². The highest BCUT2D eigenvalue weighted by Crippen LogP contribution is 2.32. The zero-order valence-corrected chi connectivity index (χ0v) is 12.1. The second-order valence-corrected chi connectivity index (χ2v) is 5.40. The first-order chi connectivity index (χ1) is 9.00. The molecule has 1 aliphatic rings. The van der Waals surface area contributed by atoms with Crippen molar-refractivity contribution in [1.82, 2.24) is 4.90 Å². The molecule has 0 aliphatic carbocycles. The first-order valence-corrected chi connectivity index (χ1v) is 7.01. The van der Waals surface area contributed by atoms with Crippen molar-refractivity contribution in [2.75, 3.05) is 26.8 Å². The summed E-state index contributed by atoms with van der Waals surface area (Å²) in [4.78, 5) is 25.6. The van der Waals surface area contributed by atoms with Gasteiger partial charge in [-0.25, -0.2) is 0 Å². The van der Waals surface area contributed by atoms with Gasteiger partial charge in [-0.05, 0) is 25.7 Å². The van der Waals surface area contributed by atoms with Gasteiger partial charge in [0.25, 0.3) is 0 Å². The highest BCUT2D eigenvalue weighted by molar-refractivity contribution is 5.81. The van der Waals surface area contributed by atoms with Crippen LogP contribution in [0.25, 0.3) is 0 Å². The number of likely N-dealkylation sites (tertiary alicyclic amines) is 1. The minimum atomic E-state index is -0.936. The molecule has 19 heavy (non-hydrogen) atoms. The summed E-state index contributed by atoms with van der Waals surface area (Å²) in [5.41, 5.74) is -0.936. The Kier molecular flexibility index (Phi) is 5.79. The Labute approximate surface area is 114 Å². The van der Waals surface area contributed by atoms with Gasteiger partial charge in [-0.1, -0.05) is 13.8 Å². The number of hydrogen-bond acceptors (Lipinski definition) is 3. The molecule has 5 nitrogen and oxygen atoms in total. The summed E-state index contributed by atoms with van der Waals surface area (Å²) in [6, 6.07) is 0. The summed E-state index contributed by atoms with van der Waals surface area (Å²) < 4.78 is 5.07. The monoisotopic (exact) mass is 271 g/mol. The number of nitrogens with zero attached hydrogens (tertiary/aromatic N) is 1. The van der Waals surface area contributed by atoms with Crippen LogP contribution in [0, 0.1) is 11.3 Å². The largest absolute Gasteiger partial charge is 0.481 e. The summed E-state index contributed by atoms with van der Waals surface area (Å²) >= 11 is 0. The van der Waals surface area contributed by atoms with Crippen molar-refractivity contribution < 1.29 is 19.4 Å². The summed E-state index contributed by atoms with van der Waals surface area (Å²) in [6.45, 7) is 5.08. The molecular formula is C14H25NO4. The number of carbonyl (C=O) groups excluding carboxylic acids is 1. The second-order valence-electron chi connectivity index (χ2n) is 5.40. The average Bonchev–Trinajstić information content (AvgIpc) is 2.40. The molecule has 0 aromatic heterocycles. The van der Waals surface area contributed by atoms with Crippen LogP contribution in [0.3, 0.4) is 0 Å². The van der Waals surface area contributed by atoms with Crippen LogP contribution in [-0.2, 0) is 14.3 Å². The molecule has 5 heteroatoms. The Bertz CT molecular complexity index is 323. The number of rotatable bonds is 6. The molecular weight excluding hydrogens is 246 g/mol. The first-order valence-electron chi connectivity index (χ1n) is 7.01. The van der Waals surface area contributed by atoms with Gasteiger partial charge in [0.05, 0.1) is 6.61 Å². The van der Waals surface area contributed by atoms with Gasteiger partial charge in [0.2, 0.25) is 5.91 Å². The van der Waals surface area contributed by atoms with Crippen LogP contribution in [0.2, 0.25) is 0 Å². The minimum Gasteiger partial charge on any atom is -0.481 e. The standard InChI is InChI=1S/C14H25NO4/c1-4-11(5-2)12(16)15-8-6-7-14(9-15,10-19-3)13(17)18/h11H,4-10H2,1-3H3,(H,17,18). The topological polar surface area (TPSA) is 66.8 Å². The summed E-state index contributed by atoms with van der Waals surface area (Å²) in [7, 11) is 1.51. The highest BCUT2D eigenvalue weighted by Gasteiger charge is 2.44. The fraction of sp³-hybridized carbons (Fsp3) is 0.857. The van der Waals surface area contributed by atoms with Gasteiger partial charge in [-0.2, -0.15) is 0 Å². The van der Waals surface area contributed by atoms with Gasteiger partial charge in [0.15, 0.2) is 0 Å². The fourth-order valence-corrected chi connectivity index (χ4v) is 2.85. The Balaban J connectivity index is 2.82. The predicted octanol–water partition coefficient (Wildman–Crippen LogP) is 1.76. The van der Waals surface area contributed by atoms with E-state index in [1.165, 1.54) is 7.11 Å². The van der Waals surface area contributed by atoms with Gasteiger partial charge in [0.1, 0.15) is 5.41 Å². The van der Waals surface area contributed by atoms with Crippen LogP contribution in [0.4, 0.5) is 0 Å². The Morgan fingerprint density at radius 1 is 1.37 bits per heavy atom. The highest BCUT2D eigenvalue weighted by atomic mass is 16.5. The Morgan fingerprint density at radius 2 is 2.00 bits per heavy atom. The molecule has 1 heterocycles. The maximum atomic E-state index is 12.4. The number of methoxy groups -OCH3 is 1. The number of piperidine rings is 1. The molecule has 0 spiro atoms. The van der Waals surface area contributed by atoms with Crippen molar-refractivity contribution in [3.8, 4) is 0 Å². The molecule has 0 saturated carbocycles. The van der Waals surface area contributed by atoms with Crippen molar-refractivity contribution in [3.05, 3.63) is 0 Å². The third kappa shape index (κ3) is 3.47. The molecule has 0 aromatic rings. The van der Waals surface area contributed by atoms with E-state index in [4.69, 9.17) is 4.74 Å². The normalized spacial score (nSPS) is 23.7. The lowest BCUT2D eigenvalue weighted by Gasteiger charge is -2.40. The maximum absolute atomic E-state index is 12.4. The molecule has 1 rings (SSSR count). The van der Waals surface area contributed by atoms with E-state index in [-0.39, 0.29) is 25.0 Å². The predicted molar refractivity (Wildman–Crippen MR) is 71.8 cm³/mol. The molecule has 0 bridgehead atoms. The van der Waals surface area contributed by atoms with Crippen molar-refractivity contribution in [3.63, 3.8) is 0 Å². The third-order valence-electron chi connectivity index (χ3n) is 4.10. The molecule has 1 atom stereocenters. The van der Waals surface area contributed by atoms with Crippen LogP contribution in [0.1, 0.15) is 39.5 Å². The zero-order valence-electron chi connectivity index (χ0n) is 12.1. The number of aliphatic carboxylic acids is 1. The van der Waals surface area contributed by atoms with Crippen LogP contribution >= 0.6 is 0 Å². The van der Waals surface area contributed by atoms with Crippen LogP contribution in [0.15, 0.2) is 0 Å². The van der Waals surface area contributed by atoms with Gasteiger partial charge in [-0.3, -0.25) is 9.59 Å². The van der Waals surface area contributed by atoms with Crippen molar-refractivity contribution >= 4 is 11.9 Å². The van der Waals surface area contributed by atoms with Crippen molar-refractivity contribution in [2.45, 2.75) is 39.5 Å². The van der Waals surface area contributed by atoms with E-state index < -0.39 is 11.4 Å². The molecule has 1 unspecified atom stereocenters. The minimum absolute atomic E-state index is 0.00661. The zero-order chi connectivity index (χ0) is 14.5. The van der Waals surface area contributed by atoms with Crippen molar-refractivity contribution in [2.24, 2.45) is 11.3 Å². The molecule has 1 amide bonds. The lowest BCUT2D eigenvalue weighted by molar-refractivity contribution is -0.160. The summed E-state index contributed by atoms with van der Waals surface area (Å²) in [5.74, 6) is -0.769. The molecule has 1 fully saturated rings. The summed E-state index contributed by atoms with van der Waals surface area (Å²) in [6.07, 6.45) is 2.90. The number of ether oxygens (including phenoxy) is 1. The van der Waals surface area contributed by atoms with E-state index in [0.717, 1.165) is 19.3 Å². The Morgan fingerprint density at radius 3 is 2.47 bits per heavy atom. The molecule has 1 aliphatic heterocycles. The number of amides is 1. The quantitative estimate of drug-likeness (QED) is 0.799. The van der Waals surface area contributed by atoms with Crippen LogP contribution in [0.5, 0.6) is 0 Å². The SMILES string of the molecule is CCC(CC)C(=O)N1CCCC(COC)(C(=O)O)C1. The number of carbonyl (C=O) groups is 2. The van der Waals surface area contributed by atoms with E-state index in [1.807, 2.05) is 13.8 Å². The maximum Gasteiger partial charge on any atom is 0.313 e. The number of carboxylic acid groups (broad SMARTS) is 1. The first kappa shape index (κ1) is 16.0. The van der Waals surface area contributed by atoms with E-state index >= 15 is 0 Å². The third-order valence-corrected chi connectivity index (χ3v) is 4.10. The summed E-state index contributed by atoms with van der Waals surface area (Å²) in [5, 5.41) is 9.45. The van der Waals surface area contributed by atoms with Gasteiger partial charge >= 0.3 is 5.97 Å². The van der Waals surface area contributed by atoms with Gasteiger partial charge in [0, 0.05) is 26.1 Å². The van der Waals surface area contributed by atoms with Crippen molar-refractivity contribution in [1.29, 1.82) is 0 Å². The smallest absolute Gasteiger partial charge is 0.313 e. The average molecular weight is 271 g/mol. The lowest BCUT2D eigenvalue weighted by Crippen LogP contribution is -2.53. The van der Waals surface area contributed by atoms with Crippen LogP contribution < -0.4 is 0 Å². The Hall–Kier alpha value is -1.10. The lowest BCUT2D eigenvalue weighted by atomic mass is 9.80. The van der Waals surface area contributed by atoms with E-state index in [1.54, 1.807) is 4.90 Å². The molecule has 1 saturated heterocycles. The van der Waals surface area contributed by atoms with E-state index in [0.29, 0.717) is 13.0 Å².